The van der Waals surface area contributed by atoms with Gasteiger partial charge in [0.1, 0.15) is 29.0 Å². The summed E-state index contributed by atoms with van der Waals surface area (Å²) in [6.07, 6.45) is 12.0. The van der Waals surface area contributed by atoms with Gasteiger partial charge in [0.15, 0.2) is 0 Å². The molecule has 4 nitrogen and oxygen atoms in total. The Hall–Kier alpha value is -0.420. The maximum Gasteiger partial charge on any atom is 0.130 e. The summed E-state index contributed by atoms with van der Waals surface area (Å²) in [5, 5.41) is 22.1. The van der Waals surface area contributed by atoms with Gasteiger partial charge in [-0.3, -0.25) is 0 Å². The lowest BCUT2D eigenvalue weighted by Gasteiger charge is -2.56. The third-order valence-electron chi connectivity index (χ3n) is 11.4. The maximum absolute atomic E-state index is 11.7. The fourth-order valence-electron chi connectivity index (χ4n) is 9.76. The number of aliphatic hydroxyl groups excluding tert-OH is 2. The van der Waals surface area contributed by atoms with Crippen LogP contribution in [0.5, 0.6) is 0 Å². The van der Waals surface area contributed by atoms with Crippen LogP contribution < -0.4 is 0 Å². The van der Waals surface area contributed by atoms with Gasteiger partial charge >= 0.3 is 0 Å². The zero-order chi connectivity index (χ0) is 22.0. The van der Waals surface area contributed by atoms with E-state index in [1.165, 1.54) is 12.8 Å². The van der Waals surface area contributed by atoms with Crippen molar-refractivity contribution in [3.63, 3.8) is 0 Å². The van der Waals surface area contributed by atoms with Crippen molar-refractivity contribution in [2.24, 2.45) is 34.5 Å². The molecule has 1 spiro atoms. The lowest BCUT2D eigenvalue weighted by molar-refractivity contribution is -0.0911. The molecule has 0 aromatic rings. The third kappa shape index (κ3) is 2.22. The van der Waals surface area contributed by atoms with E-state index < -0.39 is 11.7 Å². The van der Waals surface area contributed by atoms with Crippen LogP contribution in [0, 0.1) is 34.5 Å². The van der Waals surface area contributed by atoms with Crippen molar-refractivity contribution in [3.8, 4) is 0 Å². The van der Waals surface area contributed by atoms with Gasteiger partial charge < -0.3 is 19.7 Å². The lowest BCUT2D eigenvalue weighted by Crippen LogP contribution is -2.68. The highest BCUT2D eigenvalue weighted by Crippen LogP contribution is 2.85. The highest BCUT2D eigenvalue weighted by Gasteiger charge is 2.97. The third-order valence-corrected chi connectivity index (χ3v) is 11.4. The van der Waals surface area contributed by atoms with Crippen molar-refractivity contribution in [1.82, 2.24) is 0 Å². The average Bonchev–Trinajstić information content (AvgIpc) is 3.57. The van der Waals surface area contributed by atoms with Crippen LogP contribution in [0.1, 0.15) is 86.0 Å². The summed E-state index contributed by atoms with van der Waals surface area (Å²) in [4.78, 5) is 0. The van der Waals surface area contributed by atoms with Crippen molar-refractivity contribution in [1.29, 1.82) is 0 Å². The van der Waals surface area contributed by atoms with E-state index in [9.17, 15) is 10.2 Å². The zero-order valence-corrected chi connectivity index (χ0v) is 20.1. The minimum atomic E-state index is -0.555. The van der Waals surface area contributed by atoms with E-state index in [4.69, 9.17) is 9.47 Å². The van der Waals surface area contributed by atoms with Crippen molar-refractivity contribution in [2.75, 3.05) is 0 Å². The number of epoxide rings is 2. The Morgan fingerprint density at radius 2 is 1.81 bits per heavy atom. The number of allylic oxidation sites excluding steroid dienone is 2. The average molecular weight is 431 g/mol. The molecule has 6 rings (SSSR count). The summed E-state index contributed by atoms with van der Waals surface area (Å²) in [7, 11) is 0. The fraction of sp³-hybridized carbons (Fsp3) is 0.926. The number of hydrogen-bond acceptors (Lipinski definition) is 4. The highest BCUT2D eigenvalue weighted by atomic mass is 16.7. The van der Waals surface area contributed by atoms with Gasteiger partial charge in [-0.15, -0.1) is 0 Å². The second-order valence-electron chi connectivity index (χ2n) is 13.0. The van der Waals surface area contributed by atoms with Crippen molar-refractivity contribution < 1.29 is 19.7 Å². The van der Waals surface area contributed by atoms with Gasteiger partial charge in [0.25, 0.3) is 0 Å². The van der Waals surface area contributed by atoms with E-state index >= 15 is 0 Å². The summed E-state index contributed by atoms with van der Waals surface area (Å²) in [6.45, 7) is 11.8. The van der Waals surface area contributed by atoms with Crippen LogP contribution >= 0.6 is 0 Å². The molecule has 2 N–H and O–H groups in total. The Labute approximate surface area is 187 Å². The first-order chi connectivity index (χ1) is 14.6. The first-order valence-corrected chi connectivity index (χ1v) is 13.0. The van der Waals surface area contributed by atoms with Gasteiger partial charge in [-0.25, -0.2) is 0 Å². The van der Waals surface area contributed by atoms with Gasteiger partial charge in [-0.05, 0) is 74.0 Å². The van der Waals surface area contributed by atoms with E-state index in [0.717, 1.165) is 32.1 Å². The van der Waals surface area contributed by atoms with Crippen LogP contribution in [0.25, 0.3) is 0 Å². The molecule has 4 aliphatic carbocycles. The second kappa shape index (κ2) is 6.17. The van der Waals surface area contributed by atoms with Crippen molar-refractivity contribution in [2.45, 2.75) is 121 Å². The van der Waals surface area contributed by atoms with Gasteiger partial charge in [-0.2, -0.15) is 0 Å². The smallest absolute Gasteiger partial charge is 0.130 e. The minimum Gasteiger partial charge on any atom is -0.393 e. The van der Waals surface area contributed by atoms with E-state index in [1.807, 2.05) is 0 Å². The number of hydrogen-bond donors (Lipinski definition) is 2. The molecule has 2 aliphatic heterocycles. The predicted octanol–water partition coefficient (Wildman–Crippen LogP) is 4.62. The van der Waals surface area contributed by atoms with E-state index in [-0.39, 0.29) is 34.2 Å². The second-order valence-corrected chi connectivity index (χ2v) is 13.0. The quantitative estimate of drug-likeness (QED) is 0.504. The Bertz CT molecular complexity index is 809. The van der Waals surface area contributed by atoms with E-state index in [0.29, 0.717) is 30.1 Å². The normalized spacial score (nSPS) is 60.1. The first-order valence-electron chi connectivity index (χ1n) is 13.0. The summed E-state index contributed by atoms with van der Waals surface area (Å²) in [6, 6.07) is 0. The number of fused-ring (bicyclic) bond motifs is 1. The lowest BCUT2D eigenvalue weighted by atomic mass is 9.43. The number of ether oxygens (including phenoxy) is 2. The molecule has 0 bridgehead atoms. The Morgan fingerprint density at radius 1 is 1.03 bits per heavy atom. The molecule has 0 amide bonds. The number of aliphatic hydroxyl groups is 2. The Balaban J connectivity index is 1.33. The molecule has 0 radical (unpaired) electrons. The van der Waals surface area contributed by atoms with Crippen LogP contribution in [0.15, 0.2) is 12.2 Å². The van der Waals surface area contributed by atoms with Crippen molar-refractivity contribution in [3.05, 3.63) is 12.2 Å². The standard InChI is InChI=1S/C27H42O4/c1-16(2)7-6-8-17(3)19-9-10-20-23(19,4)13-14-26-24(5)12-11-18(28)15-25(24)22(30-25)21(29)27(20,26)31-26/h6,8,16-22,28-29H,7,9-15H2,1-5H3. The van der Waals surface area contributed by atoms with Gasteiger partial charge in [0.05, 0.1) is 6.10 Å². The molecule has 6 fully saturated rings. The molecule has 11 unspecified atom stereocenters. The van der Waals surface area contributed by atoms with E-state index in [1.54, 1.807) is 0 Å². The largest absolute Gasteiger partial charge is 0.393 e. The van der Waals surface area contributed by atoms with Gasteiger partial charge in [-0.1, -0.05) is 46.8 Å². The maximum atomic E-state index is 11.7. The van der Waals surface area contributed by atoms with E-state index in [2.05, 4.69) is 46.8 Å². The monoisotopic (exact) mass is 430 g/mol. The summed E-state index contributed by atoms with van der Waals surface area (Å²) < 4.78 is 13.3. The van der Waals surface area contributed by atoms with Crippen LogP contribution in [0.4, 0.5) is 0 Å². The molecule has 174 valence electrons. The topological polar surface area (TPSA) is 65.5 Å². The summed E-state index contributed by atoms with van der Waals surface area (Å²) >= 11 is 0. The molecule has 0 aromatic carbocycles. The van der Waals surface area contributed by atoms with Crippen LogP contribution in [0.2, 0.25) is 0 Å². The summed E-state index contributed by atoms with van der Waals surface area (Å²) in [5.41, 5.74) is -0.948. The van der Waals surface area contributed by atoms with Gasteiger partial charge in [0.2, 0.25) is 0 Å². The molecule has 4 saturated carbocycles. The summed E-state index contributed by atoms with van der Waals surface area (Å²) in [5.74, 6) is 2.32. The molecule has 11 atom stereocenters. The molecule has 0 aromatic heterocycles. The SMILES string of the molecule is CC(C)CC=CC(C)C1CCC2C1(C)CCC13OC21C(O)C1OC12CC(O)CCC23C. The van der Waals surface area contributed by atoms with Crippen molar-refractivity contribution >= 4 is 0 Å². The zero-order valence-electron chi connectivity index (χ0n) is 20.1. The Kier molecular flexibility index (Phi) is 4.21. The predicted molar refractivity (Wildman–Crippen MR) is 119 cm³/mol. The first kappa shape index (κ1) is 21.1. The molecule has 31 heavy (non-hydrogen) atoms. The van der Waals surface area contributed by atoms with Crippen LogP contribution in [-0.2, 0) is 9.47 Å². The van der Waals surface area contributed by atoms with Gasteiger partial charge in [0, 0.05) is 11.8 Å². The number of rotatable bonds is 4. The fourth-order valence-corrected chi connectivity index (χ4v) is 9.76. The highest BCUT2D eigenvalue weighted by molar-refractivity contribution is 5.44. The minimum absolute atomic E-state index is 0.0919. The molecular formula is C27H42O4. The molecule has 4 heteroatoms. The van der Waals surface area contributed by atoms with Crippen LogP contribution in [0.3, 0.4) is 0 Å². The molecular weight excluding hydrogens is 388 g/mol. The molecule has 6 aliphatic rings. The molecule has 2 saturated heterocycles. The van der Waals surface area contributed by atoms with Crippen LogP contribution in [-0.4, -0.2) is 45.3 Å². The Morgan fingerprint density at radius 3 is 2.55 bits per heavy atom. The molecule has 2 heterocycles.